The SMILES string of the molecule is Cc1cc(O[C@H](CCCCOCc2ccccc2)C(=O)NO)ccc1F. The van der Waals surface area contributed by atoms with Crippen LogP contribution in [0.4, 0.5) is 4.39 Å². The predicted molar refractivity (Wildman–Crippen MR) is 95.4 cm³/mol. The van der Waals surface area contributed by atoms with E-state index in [1.165, 1.54) is 18.2 Å². The largest absolute Gasteiger partial charge is 0.481 e. The summed E-state index contributed by atoms with van der Waals surface area (Å²) in [6.07, 6.45) is 1.01. The standard InChI is InChI=1S/C20H24FNO4/c1-15-13-17(10-11-18(15)21)26-19(20(23)22-24)9-5-6-12-25-14-16-7-3-2-4-8-16/h2-4,7-8,10-11,13,19,24H,5-6,9,12,14H2,1H3,(H,22,23)/t19-/m1/s1. The summed E-state index contributed by atoms with van der Waals surface area (Å²) in [7, 11) is 0. The third kappa shape index (κ3) is 6.46. The molecule has 26 heavy (non-hydrogen) atoms. The summed E-state index contributed by atoms with van der Waals surface area (Å²) in [4.78, 5) is 11.8. The molecule has 0 saturated carbocycles. The molecule has 1 amide bonds. The Morgan fingerprint density at radius 3 is 2.65 bits per heavy atom. The molecule has 0 spiro atoms. The van der Waals surface area contributed by atoms with E-state index >= 15 is 0 Å². The lowest BCUT2D eigenvalue weighted by Gasteiger charge is -2.17. The topological polar surface area (TPSA) is 67.8 Å². The van der Waals surface area contributed by atoms with Crippen molar-refractivity contribution in [1.29, 1.82) is 0 Å². The Hall–Kier alpha value is -2.44. The predicted octanol–water partition coefficient (Wildman–Crippen LogP) is 3.77. The fourth-order valence-electron chi connectivity index (χ4n) is 2.47. The van der Waals surface area contributed by atoms with Crippen molar-refractivity contribution in [3.63, 3.8) is 0 Å². The number of carbonyl (C=O) groups excluding carboxylic acids is 1. The van der Waals surface area contributed by atoms with Crippen LogP contribution in [0.5, 0.6) is 5.75 Å². The highest BCUT2D eigenvalue weighted by Crippen LogP contribution is 2.19. The van der Waals surface area contributed by atoms with Crippen molar-refractivity contribution in [2.45, 2.75) is 38.9 Å². The van der Waals surface area contributed by atoms with Crippen LogP contribution in [0, 0.1) is 12.7 Å². The fraction of sp³-hybridized carbons (Fsp3) is 0.350. The normalized spacial score (nSPS) is 11.8. The highest BCUT2D eigenvalue weighted by atomic mass is 19.1. The second-order valence-electron chi connectivity index (χ2n) is 6.03. The van der Waals surface area contributed by atoms with E-state index < -0.39 is 12.0 Å². The molecule has 0 bridgehead atoms. The molecule has 0 aliphatic carbocycles. The van der Waals surface area contributed by atoms with Crippen molar-refractivity contribution in [3.05, 3.63) is 65.5 Å². The monoisotopic (exact) mass is 361 g/mol. The van der Waals surface area contributed by atoms with Gasteiger partial charge in [0.05, 0.1) is 6.61 Å². The third-order valence-corrected chi connectivity index (χ3v) is 3.93. The van der Waals surface area contributed by atoms with Gasteiger partial charge >= 0.3 is 0 Å². The average Bonchev–Trinajstić information content (AvgIpc) is 2.66. The number of nitrogens with one attached hydrogen (secondary N) is 1. The van der Waals surface area contributed by atoms with Gasteiger partial charge in [-0.2, -0.15) is 0 Å². The first kappa shape index (κ1) is 19.9. The highest BCUT2D eigenvalue weighted by Gasteiger charge is 2.20. The maximum Gasteiger partial charge on any atom is 0.284 e. The number of hydrogen-bond donors (Lipinski definition) is 2. The van der Waals surface area contributed by atoms with Gasteiger partial charge in [-0.15, -0.1) is 0 Å². The number of carbonyl (C=O) groups is 1. The van der Waals surface area contributed by atoms with E-state index in [1.54, 1.807) is 12.4 Å². The number of ether oxygens (including phenoxy) is 2. The van der Waals surface area contributed by atoms with Crippen LogP contribution in [0.2, 0.25) is 0 Å². The minimum Gasteiger partial charge on any atom is -0.481 e. The number of amides is 1. The van der Waals surface area contributed by atoms with E-state index in [1.807, 2.05) is 30.3 Å². The Kier molecular flexibility index (Phi) is 8.05. The number of benzene rings is 2. The zero-order valence-corrected chi connectivity index (χ0v) is 14.8. The molecule has 2 aromatic rings. The summed E-state index contributed by atoms with van der Waals surface area (Å²) >= 11 is 0. The van der Waals surface area contributed by atoms with Crippen LogP contribution in [0.25, 0.3) is 0 Å². The molecule has 2 rings (SSSR count). The first-order valence-corrected chi connectivity index (χ1v) is 8.58. The van der Waals surface area contributed by atoms with Crippen LogP contribution in [0.3, 0.4) is 0 Å². The molecular formula is C20H24FNO4. The average molecular weight is 361 g/mol. The molecule has 2 aromatic carbocycles. The molecule has 140 valence electrons. The number of halogens is 1. The zero-order chi connectivity index (χ0) is 18.8. The van der Waals surface area contributed by atoms with Gasteiger partial charge in [-0.05, 0) is 55.5 Å². The molecule has 0 fully saturated rings. The van der Waals surface area contributed by atoms with Gasteiger partial charge in [-0.25, -0.2) is 9.87 Å². The second-order valence-corrected chi connectivity index (χ2v) is 6.03. The summed E-state index contributed by atoms with van der Waals surface area (Å²) in [5, 5.41) is 8.88. The molecule has 5 nitrogen and oxygen atoms in total. The lowest BCUT2D eigenvalue weighted by atomic mass is 10.1. The molecule has 0 unspecified atom stereocenters. The quantitative estimate of drug-likeness (QED) is 0.384. The molecule has 0 aliphatic heterocycles. The van der Waals surface area contributed by atoms with Crippen LogP contribution < -0.4 is 10.2 Å². The number of aryl methyl sites for hydroxylation is 1. The Labute approximate surface area is 152 Å². The van der Waals surface area contributed by atoms with Crippen LogP contribution in [-0.4, -0.2) is 23.8 Å². The van der Waals surface area contributed by atoms with Gasteiger partial charge < -0.3 is 9.47 Å². The van der Waals surface area contributed by atoms with E-state index in [-0.39, 0.29) is 5.82 Å². The summed E-state index contributed by atoms with van der Waals surface area (Å²) in [6.45, 7) is 2.73. The van der Waals surface area contributed by atoms with Crippen molar-refractivity contribution in [3.8, 4) is 5.75 Å². The number of hydrogen-bond acceptors (Lipinski definition) is 4. The second kappa shape index (κ2) is 10.5. The molecule has 0 heterocycles. The molecule has 0 saturated heterocycles. The molecule has 2 N–H and O–H groups in total. The molecule has 6 heteroatoms. The fourth-order valence-corrected chi connectivity index (χ4v) is 2.47. The number of rotatable bonds is 10. The lowest BCUT2D eigenvalue weighted by molar-refractivity contribution is -0.136. The zero-order valence-electron chi connectivity index (χ0n) is 14.8. The van der Waals surface area contributed by atoms with Crippen molar-refractivity contribution in [2.75, 3.05) is 6.61 Å². The summed E-state index contributed by atoms with van der Waals surface area (Å²) in [5.41, 5.74) is 3.16. The van der Waals surface area contributed by atoms with Crippen LogP contribution in [0.15, 0.2) is 48.5 Å². The molecule has 0 radical (unpaired) electrons. The van der Waals surface area contributed by atoms with Crippen molar-refractivity contribution in [1.82, 2.24) is 5.48 Å². The van der Waals surface area contributed by atoms with Gasteiger partial charge in [-0.3, -0.25) is 10.0 Å². The number of hydroxylamine groups is 1. The maximum absolute atomic E-state index is 13.3. The summed E-state index contributed by atoms with van der Waals surface area (Å²) < 4.78 is 24.5. The summed E-state index contributed by atoms with van der Waals surface area (Å²) in [6, 6.07) is 14.2. The van der Waals surface area contributed by atoms with Crippen molar-refractivity contribution < 1.29 is 23.9 Å². The smallest absolute Gasteiger partial charge is 0.284 e. The minimum atomic E-state index is -0.848. The van der Waals surface area contributed by atoms with Gasteiger partial charge in [0, 0.05) is 6.61 Å². The van der Waals surface area contributed by atoms with Gasteiger partial charge in [0.2, 0.25) is 0 Å². The van der Waals surface area contributed by atoms with Crippen LogP contribution in [-0.2, 0) is 16.1 Å². The first-order valence-electron chi connectivity index (χ1n) is 8.58. The van der Waals surface area contributed by atoms with Crippen LogP contribution in [0.1, 0.15) is 30.4 Å². The minimum absolute atomic E-state index is 0.337. The van der Waals surface area contributed by atoms with E-state index in [9.17, 15) is 9.18 Å². The molecule has 1 atom stereocenters. The molecule has 0 aliphatic rings. The molecular weight excluding hydrogens is 337 g/mol. The van der Waals surface area contributed by atoms with Gasteiger partial charge in [0.15, 0.2) is 6.10 Å². The number of unbranched alkanes of at least 4 members (excludes halogenated alkanes) is 1. The van der Waals surface area contributed by atoms with Crippen LogP contribution >= 0.6 is 0 Å². The Bertz CT molecular complexity index is 693. The Balaban J connectivity index is 1.75. The van der Waals surface area contributed by atoms with Gasteiger partial charge in [0.1, 0.15) is 11.6 Å². The van der Waals surface area contributed by atoms with Gasteiger partial charge in [-0.1, -0.05) is 30.3 Å². The first-order chi connectivity index (χ1) is 12.6. The van der Waals surface area contributed by atoms with E-state index in [0.717, 1.165) is 12.0 Å². The lowest BCUT2D eigenvalue weighted by Crippen LogP contribution is -2.36. The Morgan fingerprint density at radius 2 is 1.96 bits per heavy atom. The Morgan fingerprint density at radius 1 is 1.19 bits per heavy atom. The van der Waals surface area contributed by atoms with Crippen molar-refractivity contribution >= 4 is 5.91 Å². The third-order valence-electron chi connectivity index (χ3n) is 3.93. The summed E-state index contributed by atoms with van der Waals surface area (Å²) in [5.74, 6) is -0.578. The van der Waals surface area contributed by atoms with Crippen molar-refractivity contribution in [2.24, 2.45) is 0 Å². The van der Waals surface area contributed by atoms with E-state index in [0.29, 0.717) is 37.4 Å². The van der Waals surface area contributed by atoms with E-state index in [4.69, 9.17) is 14.7 Å². The van der Waals surface area contributed by atoms with Gasteiger partial charge in [0.25, 0.3) is 5.91 Å². The van der Waals surface area contributed by atoms with E-state index in [2.05, 4.69) is 0 Å². The molecule has 0 aromatic heterocycles. The maximum atomic E-state index is 13.3. The highest BCUT2D eigenvalue weighted by molar-refractivity contribution is 5.79.